The van der Waals surface area contributed by atoms with Crippen LogP contribution in [-0.2, 0) is 0 Å². The van der Waals surface area contributed by atoms with Crippen LogP contribution in [0.25, 0.3) is 5.69 Å². The number of aryl methyl sites for hydroxylation is 1. The number of nitrogens with one attached hydrogen (secondary N) is 1. The van der Waals surface area contributed by atoms with Crippen molar-refractivity contribution in [3.63, 3.8) is 0 Å². The third-order valence-electron chi connectivity index (χ3n) is 5.19. The molecule has 0 atom stereocenters. The van der Waals surface area contributed by atoms with Gasteiger partial charge in [0.2, 0.25) is 0 Å². The minimum Gasteiger partial charge on any atom is -0.356 e. The number of hydrazone groups is 1. The molecule has 1 aliphatic rings. The summed E-state index contributed by atoms with van der Waals surface area (Å²) in [5, 5.41) is 19.6. The molecule has 9 nitrogen and oxygen atoms in total. The molecular formula is C22H22N6O3. The van der Waals surface area contributed by atoms with E-state index >= 15 is 0 Å². The third-order valence-corrected chi connectivity index (χ3v) is 5.19. The molecule has 1 aliphatic heterocycles. The third kappa shape index (κ3) is 4.30. The van der Waals surface area contributed by atoms with Crippen LogP contribution in [0.5, 0.6) is 0 Å². The van der Waals surface area contributed by atoms with Gasteiger partial charge in [0.1, 0.15) is 5.82 Å². The Morgan fingerprint density at radius 2 is 1.81 bits per heavy atom. The van der Waals surface area contributed by atoms with Crippen LogP contribution in [0.2, 0.25) is 0 Å². The van der Waals surface area contributed by atoms with Gasteiger partial charge in [-0.15, -0.1) is 0 Å². The van der Waals surface area contributed by atoms with Crippen molar-refractivity contribution in [2.75, 3.05) is 18.0 Å². The lowest BCUT2D eigenvalue weighted by molar-refractivity contribution is -0.384. The standard InChI is InChI=1S/C22H22N6O3/c1-16-20(15-23-24-21(29)17-9-11-19(12-10-17)28(30)31)22(26-13-5-6-14-26)27(25-16)18-7-3-2-4-8-18/h2-4,7-12,15H,5-6,13-14H2,1H3,(H,24,29). The number of anilines is 1. The summed E-state index contributed by atoms with van der Waals surface area (Å²) in [6, 6.07) is 15.3. The van der Waals surface area contributed by atoms with Gasteiger partial charge in [0.05, 0.1) is 28.1 Å². The molecule has 0 aliphatic carbocycles. The summed E-state index contributed by atoms with van der Waals surface area (Å²) in [5.74, 6) is 0.511. The largest absolute Gasteiger partial charge is 0.356 e. The fourth-order valence-corrected chi connectivity index (χ4v) is 3.62. The predicted octanol–water partition coefficient (Wildman–Crippen LogP) is 3.45. The number of amides is 1. The second-order valence-corrected chi connectivity index (χ2v) is 7.27. The normalized spacial score (nSPS) is 13.6. The van der Waals surface area contributed by atoms with Gasteiger partial charge in [0.25, 0.3) is 11.6 Å². The smallest absolute Gasteiger partial charge is 0.271 e. The van der Waals surface area contributed by atoms with Gasteiger partial charge in [0.15, 0.2) is 0 Å². The quantitative estimate of drug-likeness (QED) is 0.375. The number of para-hydroxylation sites is 1. The van der Waals surface area contributed by atoms with Crippen LogP contribution in [0, 0.1) is 17.0 Å². The number of carbonyl (C=O) groups excluding carboxylic acids is 1. The average molecular weight is 418 g/mol. The highest BCUT2D eigenvalue weighted by Crippen LogP contribution is 2.29. The molecule has 4 rings (SSSR count). The van der Waals surface area contributed by atoms with Crippen LogP contribution in [0.1, 0.15) is 34.5 Å². The van der Waals surface area contributed by atoms with Gasteiger partial charge in [-0.25, -0.2) is 10.1 Å². The van der Waals surface area contributed by atoms with Gasteiger partial charge in [-0.1, -0.05) is 18.2 Å². The molecule has 1 aromatic heterocycles. The van der Waals surface area contributed by atoms with Gasteiger partial charge in [-0.2, -0.15) is 10.2 Å². The fraction of sp³-hybridized carbons (Fsp3) is 0.227. The van der Waals surface area contributed by atoms with Crippen molar-refractivity contribution in [1.82, 2.24) is 15.2 Å². The van der Waals surface area contributed by atoms with E-state index < -0.39 is 10.8 Å². The molecule has 2 aromatic carbocycles. The highest BCUT2D eigenvalue weighted by Gasteiger charge is 2.23. The Hall–Kier alpha value is -4.01. The van der Waals surface area contributed by atoms with Crippen LogP contribution in [0.4, 0.5) is 11.5 Å². The minimum absolute atomic E-state index is 0.0701. The molecule has 31 heavy (non-hydrogen) atoms. The summed E-state index contributed by atoms with van der Waals surface area (Å²) in [6.07, 6.45) is 3.84. The molecule has 0 bridgehead atoms. The van der Waals surface area contributed by atoms with E-state index in [1.165, 1.54) is 24.3 Å². The Morgan fingerprint density at radius 1 is 1.13 bits per heavy atom. The first-order chi connectivity index (χ1) is 15.0. The highest BCUT2D eigenvalue weighted by molar-refractivity contribution is 5.96. The molecule has 0 radical (unpaired) electrons. The summed E-state index contributed by atoms with van der Waals surface area (Å²) in [4.78, 5) is 24.9. The zero-order chi connectivity index (χ0) is 21.8. The number of nitro benzene ring substituents is 1. The SMILES string of the molecule is Cc1nn(-c2ccccc2)c(N2CCCC2)c1C=NNC(=O)c1ccc([N+](=O)[O-])cc1. The Balaban J connectivity index is 1.59. The number of hydrogen-bond donors (Lipinski definition) is 1. The Bertz CT molecular complexity index is 1120. The maximum atomic E-state index is 12.3. The van der Waals surface area contributed by atoms with E-state index in [4.69, 9.17) is 5.10 Å². The summed E-state index contributed by atoms with van der Waals surface area (Å²) in [7, 11) is 0. The first kappa shape index (κ1) is 20.3. The van der Waals surface area contributed by atoms with Crippen molar-refractivity contribution in [3.05, 3.63) is 81.5 Å². The molecule has 9 heteroatoms. The molecule has 1 fully saturated rings. The molecule has 1 N–H and O–H groups in total. The minimum atomic E-state index is -0.507. The van der Waals surface area contributed by atoms with Crippen molar-refractivity contribution in [3.8, 4) is 5.69 Å². The number of nitrogens with zero attached hydrogens (tertiary/aromatic N) is 5. The number of rotatable bonds is 6. The lowest BCUT2D eigenvalue weighted by Crippen LogP contribution is -2.23. The maximum Gasteiger partial charge on any atom is 0.271 e. The number of non-ortho nitro benzene ring substituents is 1. The van der Waals surface area contributed by atoms with E-state index in [1.54, 1.807) is 6.21 Å². The molecule has 1 saturated heterocycles. The summed E-state index contributed by atoms with van der Waals surface area (Å²) >= 11 is 0. The molecule has 1 amide bonds. The van der Waals surface area contributed by atoms with Crippen LogP contribution in [-0.4, -0.2) is 39.9 Å². The summed E-state index contributed by atoms with van der Waals surface area (Å²) < 4.78 is 1.92. The Morgan fingerprint density at radius 3 is 2.45 bits per heavy atom. The van der Waals surface area contributed by atoms with Crippen molar-refractivity contribution in [2.24, 2.45) is 5.10 Å². The van der Waals surface area contributed by atoms with Crippen LogP contribution in [0.15, 0.2) is 59.7 Å². The molecule has 3 aromatic rings. The van der Waals surface area contributed by atoms with E-state index in [0.717, 1.165) is 48.7 Å². The number of benzene rings is 2. The van der Waals surface area contributed by atoms with Crippen LogP contribution >= 0.6 is 0 Å². The summed E-state index contributed by atoms with van der Waals surface area (Å²) in [5.41, 5.74) is 5.32. The van der Waals surface area contributed by atoms with Crippen molar-refractivity contribution in [2.45, 2.75) is 19.8 Å². The monoisotopic (exact) mass is 418 g/mol. The Labute approximate surface area is 179 Å². The van der Waals surface area contributed by atoms with Crippen molar-refractivity contribution < 1.29 is 9.72 Å². The molecule has 0 saturated carbocycles. The average Bonchev–Trinajstić information content (AvgIpc) is 3.42. The number of aromatic nitrogens is 2. The number of nitro groups is 1. The highest BCUT2D eigenvalue weighted by atomic mass is 16.6. The zero-order valence-corrected chi connectivity index (χ0v) is 17.1. The van der Waals surface area contributed by atoms with Gasteiger partial charge in [-0.05, 0) is 44.0 Å². The van der Waals surface area contributed by atoms with E-state index in [-0.39, 0.29) is 5.69 Å². The second kappa shape index (κ2) is 8.78. The predicted molar refractivity (Wildman–Crippen MR) is 118 cm³/mol. The fourth-order valence-electron chi connectivity index (χ4n) is 3.62. The van der Waals surface area contributed by atoms with E-state index in [1.807, 2.05) is 41.9 Å². The number of carbonyl (C=O) groups is 1. The summed E-state index contributed by atoms with van der Waals surface area (Å²) in [6.45, 7) is 3.79. The molecule has 0 unspecified atom stereocenters. The van der Waals surface area contributed by atoms with Crippen LogP contribution < -0.4 is 10.3 Å². The molecule has 2 heterocycles. The lowest BCUT2D eigenvalue weighted by Gasteiger charge is -2.20. The molecule has 158 valence electrons. The van der Waals surface area contributed by atoms with E-state index in [0.29, 0.717) is 5.56 Å². The van der Waals surface area contributed by atoms with Crippen molar-refractivity contribution >= 4 is 23.6 Å². The van der Waals surface area contributed by atoms with Gasteiger partial charge >= 0.3 is 0 Å². The number of hydrogen-bond acceptors (Lipinski definition) is 6. The first-order valence-corrected chi connectivity index (χ1v) is 10.0. The topological polar surface area (TPSA) is 106 Å². The van der Waals surface area contributed by atoms with Crippen LogP contribution in [0.3, 0.4) is 0 Å². The lowest BCUT2D eigenvalue weighted by atomic mass is 10.2. The Kier molecular flexibility index (Phi) is 5.74. The van der Waals surface area contributed by atoms with Gasteiger partial charge in [0, 0.05) is 30.8 Å². The van der Waals surface area contributed by atoms with E-state index in [2.05, 4.69) is 15.4 Å². The van der Waals surface area contributed by atoms with Gasteiger partial charge < -0.3 is 4.90 Å². The zero-order valence-electron chi connectivity index (χ0n) is 17.1. The van der Waals surface area contributed by atoms with E-state index in [9.17, 15) is 14.9 Å². The maximum absolute atomic E-state index is 12.3. The molecule has 0 spiro atoms. The first-order valence-electron chi connectivity index (χ1n) is 10.0. The van der Waals surface area contributed by atoms with Gasteiger partial charge in [-0.3, -0.25) is 14.9 Å². The van der Waals surface area contributed by atoms with Crippen molar-refractivity contribution in [1.29, 1.82) is 0 Å². The second-order valence-electron chi connectivity index (χ2n) is 7.27. The molecular weight excluding hydrogens is 396 g/mol.